The molecule has 1 fully saturated rings. The molecule has 0 radical (unpaired) electrons. The van der Waals surface area contributed by atoms with Gasteiger partial charge in [0.05, 0.1) is 23.2 Å². The lowest BCUT2D eigenvalue weighted by Gasteiger charge is -2.11. The van der Waals surface area contributed by atoms with Crippen molar-refractivity contribution in [1.82, 2.24) is 24.5 Å². The van der Waals surface area contributed by atoms with E-state index in [1.165, 1.54) is 36.0 Å². The number of carbonyl (C=O) groups is 1. The van der Waals surface area contributed by atoms with Gasteiger partial charge in [0.15, 0.2) is 11.5 Å². The fourth-order valence-electron chi connectivity index (χ4n) is 4.01. The molecule has 1 amide bonds. The van der Waals surface area contributed by atoms with Gasteiger partial charge in [0.1, 0.15) is 17.4 Å². The first kappa shape index (κ1) is 24.5. The van der Waals surface area contributed by atoms with E-state index >= 15 is 0 Å². The molecule has 0 saturated heterocycles. The van der Waals surface area contributed by atoms with Gasteiger partial charge in [-0.25, -0.2) is 14.1 Å². The van der Waals surface area contributed by atoms with Crippen LogP contribution < -0.4 is 5.32 Å². The van der Waals surface area contributed by atoms with Gasteiger partial charge in [-0.1, -0.05) is 29.3 Å². The molecule has 188 valence electrons. The maximum atomic E-state index is 14.1. The summed E-state index contributed by atoms with van der Waals surface area (Å²) in [6, 6.07) is 5.35. The molecular weight excluding hydrogens is 523 g/mol. The van der Waals surface area contributed by atoms with E-state index in [1.54, 1.807) is 0 Å². The second kappa shape index (κ2) is 9.04. The molecule has 1 N–H and O–H groups in total. The van der Waals surface area contributed by atoms with Crippen LogP contribution in [0.4, 0.5) is 23.4 Å². The van der Waals surface area contributed by atoms with Crippen molar-refractivity contribution in [2.75, 3.05) is 5.32 Å². The van der Waals surface area contributed by atoms with Gasteiger partial charge in [-0.2, -0.15) is 23.4 Å². The molecule has 0 atom stereocenters. The van der Waals surface area contributed by atoms with Crippen molar-refractivity contribution < 1.29 is 22.4 Å². The third kappa shape index (κ3) is 4.77. The zero-order chi connectivity index (χ0) is 25.8. The highest BCUT2D eigenvalue weighted by molar-refractivity contribution is 6.33. The molecule has 13 heteroatoms. The molecule has 5 rings (SSSR count). The molecule has 1 aromatic carbocycles. The van der Waals surface area contributed by atoms with Crippen LogP contribution >= 0.6 is 23.2 Å². The number of aromatic nitrogens is 5. The van der Waals surface area contributed by atoms with Crippen molar-refractivity contribution >= 4 is 46.0 Å². The Hall–Kier alpha value is -3.18. The largest absolute Gasteiger partial charge is 0.417 e. The fraction of sp³-hybridized carbons (Fsp3) is 0.304. The summed E-state index contributed by atoms with van der Waals surface area (Å²) < 4.78 is 57.9. The summed E-state index contributed by atoms with van der Waals surface area (Å²) in [5.41, 5.74) is -0.168. The predicted molar refractivity (Wildman–Crippen MR) is 126 cm³/mol. The second-order valence-electron chi connectivity index (χ2n) is 8.58. The number of rotatable bonds is 6. The molecular formula is C23H18Cl2F4N6O. The SMILES string of the molecule is Cc1nn(CC(=O)Nc2nn(Cc3c(F)cccc3Cl)cc2Cl)c2nc(C3CC3)cc(C(F)(F)F)c12. The average Bonchev–Trinajstić information content (AvgIpc) is 3.53. The van der Waals surface area contributed by atoms with E-state index in [1.807, 2.05) is 0 Å². The number of anilines is 1. The Morgan fingerprint density at radius 1 is 1.19 bits per heavy atom. The van der Waals surface area contributed by atoms with Crippen LogP contribution in [0.1, 0.15) is 41.3 Å². The number of nitrogens with one attached hydrogen (secondary N) is 1. The molecule has 0 unspecified atom stereocenters. The number of carbonyl (C=O) groups excluding carboxylic acids is 1. The van der Waals surface area contributed by atoms with Crippen LogP contribution in [0, 0.1) is 12.7 Å². The molecule has 0 spiro atoms. The van der Waals surface area contributed by atoms with Crippen molar-refractivity contribution in [3.63, 3.8) is 0 Å². The minimum absolute atomic E-state index is 0.00456. The van der Waals surface area contributed by atoms with Crippen molar-refractivity contribution in [2.45, 2.75) is 44.9 Å². The standard InChI is InChI=1S/C23H18Cl2F4N6O/c1-11-20-14(23(27,28)29)7-18(12-5-6-12)30-22(20)35(32-11)10-19(36)31-21-16(25)9-34(33-21)8-13-15(24)3-2-4-17(13)26/h2-4,7,9,12H,5-6,8,10H2,1H3,(H,31,33,36). The molecule has 3 aromatic heterocycles. The number of aryl methyl sites for hydroxylation is 1. The molecule has 1 aliphatic carbocycles. The van der Waals surface area contributed by atoms with Crippen LogP contribution in [0.3, 0.4) is 0 Å². The Kier molecular flexibility index (Phi) is 6.16. The molecule has 7 nitrogen and oxygen atoms in total. The van der Waals surface area contributed by atoms with Gasteiger partial charge in [-0.3, -0.25) is 9.48 Å². The summed E-state index contributed by atoms with van der Waals surface area (Å²) in [5.74, 6) is -1.16. The third-order valence-electron chi connectivity index (χ3n) is 5.85. The van der Waals surface area contributed by atoms with Gasteiger partial charge in [0.2, 0.25) is 5.91 Å². The minimum Gasteiger partial charge on any atom is -0.306 e. The molecule has 3 heterocycles. The Labute approximate surface area is 212 Å². The van der Waals surface area contributed by atoms with E-state index in [2.05, 4.69) is 20.5 Å². The Morgan fingerprint density at radius 2 is 1.94 bits per heavy atom. The lowest BCUT2D eigenvalue weighted by atomic mass is 10.1. The predicted octanol–water partition coefficient (Wildman–Crippen LogP) is 5.97. The summed E-state index contributed by atoms with van der Waals surface area (Å²) in [6.45, 7) is 1.00. The molecule has 0 aliphatic heterocycles. The Balaban J connectivity index is 1.39. The highest BCUT2D eigenvalue weighted by Gasteiger charge is 2.37. The molecule has 1 aliphatic rings. The van der Waals surface area contributed by atoms with Gasteiger partial charge >= 0.3 is 6.18 Å². The smallest absolute Gasteiger partial charge is 0.306 e. The summed E-state index contributed by atoms with van der Waals surface area (Å²) in [4.78, 5) is 17.2. The van der Waals surface area contributed by atoms with Crippen LogP contribution in [-0.4, -0.2) is 30.5 Å². The number of alkyl halides is 3. The van der Waals surface area contributed by atoms with Gasteiger partial charge in [0, 0.05) is 28.4 Å². The van der Waals surface area contributed by atoms with Gasteiger partial charge in [-0.15, -0.1) is 0 Å². The van der Waals surface area contributed by atoms with Crippen LogP contribution in [0.25, 0.3) is 11.0 Å². The number of hydrogen-bond acceptors (Lipinski definition) is 4. The number of pyridine rings is 1. The topological polar surface area (TPSA) is 77.6 Å². The maximum absolute atomic E-state index is 14.1. The summed E-state index contributed by atoms with van der Waals surface area (Å²) in [6.07, 6.45) is -1.66. The third-order valence-corrected chi connectivity index (χ3v) is 6.48. The van der Waals surface area contributed by atoms with E-state index in [9.17, 15) is 22.4 Å². The second-order valence-corrected chi connectivity index (χ2v) is 9.39. The van der Waals surface area contributed by atoms with Crippen molar-refractivity contribution in [1.29, 1.82) is 0 Å². The first-order valence-corrected chi connectivity index (χ1v) is 11.7. The average molecular weight is 541 g/mol. The molecule has 1 saturated carbocycles. The quantitative estimate of drug-likeness (QED) is 0.306. The number of halogens is 6. The first-order chi connectivity index (χ1) is 17.0. The zero-order valence-electron chi connectivity index (χ0n) is 18.7. The fourth-order valence-corrected chi connectivity index (χ4v) is 4.43. The van der Waals surface area contributed by atoms with Crippen LogP contribution in [-0.2, 0) is 24.1 Å². The number of hydrogen-bond donors (Lipinski definition) is 1. The maximum Gasteiger partial charge on any atom is 0.417 e. The Bertz CT molecular complexity index is 1470. The zero-order valence-corrected chi connectivity index (χ0v) is 20.2. The van der Waals surface area contributed by atoms with Crippen LogP contribution in [0.2, 0.25) is 10.0 Å². The highest BCUT2D eigenvalue weighted by atomic mass is 35.5. The van der Waals surface area contributed by atoms with Crippen molar-refractivity contribution in [3.8, 4) is 0 Å². The van der Waals surface area contributed by atoms with E-state index in [-0.39, 0.29) is 50.6 Å². The van der Waals surface area contributed by atoms with E-state index in [0.717, 1.165) is 23.6 Å². The lowest BCUT2D eigenvalue weighted by molar-refractivity contribution is -0.136. The normalized spacial score (nSPS) is 14.0. The molecule has 4 aromatic rings. The Morgan fingerprint density at radius 3 is 2.61 bits per heavy atom. The van der Waals surface area contributed by atoms with Crippen LogP contribution in [0.5, 0.6) is 0 Å². The van der Waals surface area contributed by atoms with Crippen LogP contribution in [0.15, 0.2) is 30.5 Å². The minimum atomic E-state index is -4.59. The molecule has 0 bridgehead atoms. The van der Waals surface area contributed by atoms with Gasteiger partial charge in [-0.05, 0) is 38.0 Å². The lowest BCUT2D eigenvalue weighted by Crippen LogP contribution is -2.20. The van der Waals surface area contributed by atoms with Crippen molar-refractivity contribution in [2.24, 2.45) is 0 Å². The number of fused-ring (bicyclic) bond motifs is 1. The summed E-state index contributed by atoms with van der Waals surface area (Å²) >= 11 is 12.2. The highest BCUT2D eigenvalue weighted by Crippen LogP contribution is 2.43. The summed E-state index contributed by atoms with van der Waals surface area (Å²) in [7, 11) is 0. The van der Waals surface area contributed by atoms with Gasteiger partial charge in [0.25, 0.3) is 0 Å². The van der Waals surface area contributed by atoms with E-state index in [0.29, 0.717) is 5.69 Å². The number of amides is 1. The van der Waals surface area contributed by atoms with Gasteiger partial charge < -0.3 is 5.32 Å². The number of nitrogens with zero attached hydrogens (tertiary/aromatic N) is 5. The summed E-state index contributed by atoms with van der Waals surface area (Å²) in [5, 5.41) is 11.0. The van der Waals surface area contributed by atoms with E-state index < -0.39 is 30.0 Å². The first-order valence-electron chi connectivity index (χ1n) is 10.9. The monoisotopic (exact) mass is 540 g/mol. The molecule has 36 heavy (non-hydrogen) atoms. The number of benzene rings is 1. The van der Waals surface area contributed by atoms with E-state index in [4.69, 9.17) is 23.2 Å². The van der Waals surface area contributed by atoms with Crippen molar-refractivity contribution in [3.05, 3.63) is 68.8 Å².